The number of rotatable bonds is 5. The SMILES string of the molecule is [2H]C1(O)C(F)=C(c2nc(NOC(C)(C)C)nc(Nc3ccnc(C(F)(F)F)c3)n2)CCC1(F)F. The Kier molecular flexibility index (Phi) is 6.14. The van der Waals surface area contributed by atoms with E-state index in [1.165, 1.54) is 6.07 Å². The number of pyridine rings is 1. The highest BCUT2D eigenvalue weighted by Crippen LogP contribution is 2.41. The summed E-state index contributed by atoms with van der Waals surface area (Å²) in [6.45, 7) is 5.01. The van der Waals surface area contributed by atoms with E-state index >= 15 is 0 Å². The van der Waals surface area contributed by atoms with Crippen molar-refractivity contribution in [2.24, 2.45) is 0 Å². The molecule has 1 aliphatic rings. The lowest BCUT2D eigenvalue weighted by Crippen LogP contribution is -2.37. The molecule has 1 aliphatic carbocycles. The summed E-state index contributed by atoms with van der Waals surface area (Å²) in [5.74, 6) is -7.17. The standard InChI is InChI=1S/C19H20F6N6O2/c1-17(2,3)33-31-16-29-14(10-4-6-18(21,22)13(32)12(10)20)28-15(30-16)27-9-5-7-26-11(8-9)19(23,24)25/h5,7-8,13,32H,4,6H2,1-3H3,(H2,26,27,28,29,30,31)/i13D. The van der Waals surface area contributed by atoms with Crippen molar-refractivity contribution in [2.45, 2.75) is 57.4 Å². The first-order valence-corrected chi connectivity index (χ1v) is 9.50. The van der Waals surface area contributed by atoms with Gasteiger partial charge in [0.25, 0.3) is 11.9 Å². The molecule has 1 unspecified atom stereocenters. The molecule has 0 saturated carbocycles. The minimum Gasteiger partial charge on any atom is -0.380 e. The van der Waals surface area contributed by atoms with E-state index in [2.05, 4.69) is 30.7 Å². The van der Waals surface area contributed by atoms with E-state index in [0.717, 1.165) is 6.20 Å². The summed E-state index contributed by atoms with van der Waals surface area (Å²) in [5.41, 5.74) is -0.302. The molecule has 0 aromatic carbocycles. The predicted octanol–water partition coefficient (Wildman–Crippen LogP) is 4.64. The number of nitrogens with zero attached hydrogens (tertiary/aromatic N) is 4. The molecule has 0 amide bonds. The molecular weight excluding hydrogens is 458 g/mol. The Balaban J connectivity index is 2.05. The van der Waals surface area contributed by atoms with Crippen LogP contribution in [0.15, 0.2) is 24.2 Å². The quantitative estimate of drug-likeness (QED) is 0.421. The number of allylic oxidation sites excluding steroid dienone is 1. The first kappa shape index (κ1) is 23.2. The van der Waals surface area contributed by atoms with Crippen LogP contribution in [0.2, 0.25) is 0 Å². The monoisotopic (exact) mass is 479 g/mol. The average Bonchev–Trinajstić information content (AvgIpc) is 2.70. The number of aliphatic hydroxyl groups is 1. The van der Waals surface area contributed by atoms with Crippen LogP contribution in [-0.2, 0) is 11.0 Å². The van der Waals surface area contributed by atoms with Crippen molar-refractivity contribution in [3.05, 3.63) is 35.7 Å². The van der Waals surface area contributed by atoms with E-state index in [1.54, 1.807) is 20.8 Å². The van der Waals surface area contributed by atoms with Crippen LogP contribution in [-0.4, -0.2) is 42.6 Å². The summed E-state index contributed by atoms with van der Waals surface area (Å²) < 4.78 is 88.7. The summed E-state index contributed by atoms with van der Waals surface area (Å²) in [6, 6.07) is 1.85. The number of anilines is 3. The number of aromatic nitrogens is 4. The van der Waals surface area contributed by atoms with Gasteiger partial charge < -0.3 is 10.4 Å². The van der Waals surface area contributed by atoms with Crippen LogP contribution in [0.1, 0.15) is 46.5 Å². The number of nitrogens with one attached hydrogen (secondary N) is 2. The lowest BCUT2D eigenvalue weighted by molar-refractivity contribution is -0.141. The molecule has 180 valence electrons. The Morgan fingerprint density at radius 2 is 1.85 bits per heavy atom. The van der Waals surface area contributed by atoms with E-state index < -0.39 is 65.5 Å². The smallest absolute Gasteiger partial charge is 0.380 e. The highest BCUT2D eigenvalue weighted by molar-refractivity contribution is 5.66. The topological polar surface area (TPSA) is 105 Å². The van der Waals surface area contributed by atoms with Gasteiger partial charge in [-0.25, -0.2) is 18.7 Å². The third-order valence-corrected chi connectivity index (χ3v) is 4.17. The van der Waals surface area contributed by atoms with Gasteiger partial charge in [-0.3, -0.25) is 9.82 Å². The lowest BCUT2D eigenvalue weighted by Gasteiger charge is -2.27. The summed E-state index contributed by atoms with van der Waals surface area (Å²) in [4.78, 5) is 20.3. The van der Waals surface area contributed by atoms with Crippen molar-refractivity contribution >= 4 is 23.2 Å². The molecule has 0 fully saturated rings. The highest BCUT2D eigenvalue weighted by atomic mass is 19.4. The average molecular weight is 479 g/mol. The van der Waals surface area contributed by atoms with Gasteiger partial charge in [-0.15, -0.1) is 0 Å². The molecular formula is C19H20F6N6O2. The maximum absolute atomic E-state index is 14.7. The molecule has 33 heavy (non-hydrogen) atoms. The number of hydrogen-bond donors (Lipinski definition) is 3. The molecule has 2 aromatic rings. The second-order valence-corrected chi connectivity index (χ2v) is 8.02. The van der Waals surface area contributed by atoms with E-state index in [1.807, 2.05) is 0 Å². The summed E-state index contributed by atoms with van der Waals surface area (Å²) in [7, 11) is 0. The van der Waals surface area contributed by atoms with Gasteiger partial charge in [-0.2, -0.15) is 28.1 Å². The lowest BCUT2D eigenvalue weighted by atomic mass is 9.92. The third kappa shape index (κ3) is 6.07. The van der Waals surface area contributed by atoms with Gasteiger partial charge in [-0.05, 0) is 39.3 Å². The van der Waals surface area contributed by atoms with Gasteiger partial charge in [0.15, 0.2) is 11.9 Å². The second kappa shape index (κ2) is 8.74. The van der Waals surface area contributed by atoms with Crippen LogP contribution in [0.3, 0.4) is 0 Å². The fraction of sp³-hybridized carbons (Fsp3) is 0.474. The molecule has 2 heterocycles. The van der Waals surface area contributed by atoms with Crippen LogP contribution < -0.4 is 10.8 Å². The van der Waals surface area contributed by atoms with Crippen LogP contribution >= 0.6 is 0 Å². The Labute approximate surface area is 185 Å². The van der Waals surface area contributed by atoms with E-state index in [9.17, 15) is 31.4 Å². The van der Waals surface area contributed by atoms with Crippen LogP contribution in [0.5, 0.6) is 0 Å². The minimum absolute atomic E-state index is 0.135. The molecule has 0 aliphatic heterocycles. The number of hydrogen-bond acceptors (Lipinski definition) is 8. The summed E-state index contributed by atoms with van der Waals surface area (Å²) >= 11 is 0. The Bertz CT molecular complexity index is 1100. The van der Waals surface area contributed by atoms with Crippen LogP contribution in [0, 0.1) is 0 Å². The van der Waals surface area contributed by atoms with Gasteiger partial charge >= 0.3 is 6.18 Å². The molecule has 8 nitrogen and oxygen atoms in total. The normalized spacial score (nSPS) is 21.6. The van der Waals surface area contributed by atoms with Crippen LogP contribution in [0.4, 0.5) is 43.9 Å². The zero-order valence-corrected chi connectivity index (χ0v) is 17.6. The maximum atomic E-state index is 14.7. The van der Waals surface area contributed by atoms with Crippen molar-refractivity contribution in [1.29, 1.82) is 0 Å². The third-order valence-electron chi connectivity index (χ3n) is 4.17. The number of alkyl halides is 5. The molecule has 3 N–H and O–H groups in total. The molecule has 2 aromatic heterocycles. The first-order valence-electron chi connectivity index (χ1n) is 10.00. The number of halogens is 6. The Morgan fingerprint density at radius 3 is 2.48 bits per heavy atom. The maximum Gasteiger partial charge on any atom is 0.433 e. The van der Waals surface area contributed by atoms with Gasteiger partial charge in [0.1, 0.15) is 11.5 Å². The second-order valence-electron chi connectivity index (χ2n) is 8.02. The zero-order valence-electron chi connectivity index (χ0n) is 18.6. The molecule has 0 radical (unpaired) electrons. The molecule has 0 bridgehead atoms. The Hall–Kier alpha value is -3.00. The van der Waals surface area contributed by atoms with Gasteiger partial charge in [0, 0.05) is 23.9 Å². The fourth-order valence-corrected chi connectivity index (χ4v) is 2.63. The van der Waals surface area contributed by atoms with E-state index in [4.69, 9.17) is 6.21 Å². The molecule has 3 rings (SSSR count). The first-order chi connectivity index (χ1) is 15.5. The molecule has 14 heteroatoms. The highest BCUT2D eigenvalue weighted by Gasteiger charge is 2.46. The van der Waals surface area contributed by atoms with Crippen molar-refractivity contribution < 1.29 is 37.7 Å². The van der Waals surface area contributed by atoms with Crippen molar-refractivity contribution in [1.82, 2.24) is 19.9 Å². The van der Waals surface area contributed by atoms with Crippen molar-refractivity contribution in [3.8, 4) is 0 Å². The van der Waals surface area contributed by atoms with Gasteiger partial charge in [0.2, 0.25) is 5.95 Å². The largest absolute Gasteiger partial charge is 0.433 e. The van der Waals surface area contributed by atoms with E-state index in [0.29, 0.717) is 6.07 Å². The fourth-order valence-electron chi connectivity index (χ4n) is 2.63. The van der Waals surface area contributed by atoms with Gasteiger partial charge in [0.05, 0.1) is 6.97 Å². The van der Waals surface area contributed by atoms with Crippen molar-refractivity contribution in [3.63, 3.8) is 0 Å². The Morgan fingerprint density at radius 1 is 1.18 bits per heavy atom. The minimum atomic E-state index is -4.73. The van der Waals surface area contributed by atoms with E-state index in [-0.39, 0.29) is 11.6 Å². The molecule has 1 atom stereocenters. The predicted molar refractivity (Wildman–Crippen MR) is 105 cm³/mol. The van der Waals surface area contributed by atoms with Crippen LogP contribution in [0.25, 0.3) is 5.57 Å². The van der Waals surface area contributed by atoms with Crippen molar-refractivity contribution in [2.75, 3.05) is 10.8 Å². The molecule has 0 saturated heterocycles. The summed E-state index contributed by atoms with van der Waals surface area (Å²) in [5, 5.41) is 12.2. The summed E-state index contributed by atoms with van der Waals surface area (Å²) in [6.07, 6.45) is -9.37. The zero-order chi connectivity index (χ0) is 25.5. The van der Waals surface area contributed by atoms with Gasteiger partial charge in [-0.1, -0.05) is 0 Å². The molecule has 0 spiro atoms.